The van der Waals surface area contributed by atoms with E-state index in [4.69, 9.17) is 22.1 Å². The third-order valence-corrected chi connectivity index (χ3v) is 4.70. The van der Waals surface area contributed by atoms with E-state index in [0.717, 1.165) is 17.9 Å². The Morgan fingerprint density at radius 1 is 1.45 bits per heavy atom. The summed E-state index contributed by atoms with van der Waals surface area (Å²) >= 11 is 6.04. The van der Waals surface area contributed by atoms with E-state index in [0.29, 0.717) is 29.3 Å². The highest BCUT2D eigenvalue weighted by Crippen LogP contribution is 2.36. The van der Waals surface area contributed by atoms with E-state index in [9.17, 15) is 0 Å². The summed E-state index contributed by atoms with van der Waals surface area (Å²) in [6.45, 7) is 7.26. The van der Waals surface area contributed by atoms with Crippen molar-refractivity contribution in [2.75, 3.05) is 0 Å². The second-order valence-corrected chi connectivity index (χ2v) is 6.71. The molecular formula is C16H25ClN2O. The average molecular weight is 297 g/mol. The summed E-state index contributed by atoms with van der Waals surface area (Å²) in [6, 6.07) is 1.87. The van der Waals surface area contributed by atoms with Gasteiger partial charge in [-0.3, -0.25) is 0 Å². The van der Waals surface area contributed by atoms with Gasteiger partial charge in [0.05, 0.1) is 5.02 Å². The van der Waals surface area contributed by atoms with Crippen molar-refractivity contribution in [2.45, 2.75) is 52.7 Å². The molecule has 1 aromatic rings. The van der Waals surface area contributed by atoms with Crippen molar-refractivity contribution >= 4 is 11.6 Å². The Morgan fingerprint density at radius 3 is 2.85 bits per heavy atom. The van der Waals surface area contributed by atoms with Crippen LogP contribution in [0.4, 0.5) is 0 Å². The van der Waals surface area contributed by atoms with Crippen LogP contribution in [0.2, 0.25) is 5.02 Å². The fraction of sp³-hybridized carbons (Fsp3) is 0.688. The zero-order valence-electron chi connectivity index (χ0n) is 12.6. The molecule has 0 aromatic carbocycles. The molecule has 3 unspecified atom stereocenters. The van der Waals surface area contributed by atoms with Gasteiger partial charge in [-0.15, -0.1) is 0 Å². The molecule has 1 heterocycles. The number of pyridine rings is 1. The first-order chi connectivity index (χ1) is 9.51. The van der Waals surface area contributed by atoms with Crippen molar-refractivity contribution in [3.8, 4) is 5.88 Å². The maximum atomic E-state index is 6.17. The van der Waals surface area contributed by atoms with Crippen molar-refractivity contribution in [2.24, 2.45) is 23.5 Å². The lowest BCUT2D eigenvalue weighted by Gasteiger charge is -2.37. The van der Waals surface area contributed by atoms with E-state index in [1.54, 1.807) is 6.20 Å². The molecule has 3 atom stereocenters. The lowest BCUT2D eigenvalue weighted by molar-refractivity contribution is 0.0426. The quantitative estimate of drug-likeness (QED) is 0.912. The molecule has 3 nitrogen and oxygen atoms in total. The molecule has 2 rings (SSSR count). The second kappa shape index (κ2) is 6.77. The topological polar surface area (TPSA) is 48.1 Å². The minimum Gasteiger partial charge on any atom is -0.474 e. The van der Waals surface area contributed by atoms with E-state index in [2.05, 4.69) is 25.8 Å². The lowest BCUT2D eigenvalue weighted by atomic mass is 9.75. The van der Waals surface area contributed by atoms with Gasteiger partial charge >= 0.3 is 0 Å². The molecule has 1 fully saturated rings. The molecule has 112 valence electrons. The van der Waals surface area contributed by atoms with Crippen molar-refractivity contribution in [1.29, 1.82) is 0 Å². The smallest absolute Gasteiger partial charge is 0.213 e. The molecule has 1 aliphatic rings. The number of aromatic nitrogens is 1. The van der Waals surface area contributed by atoms with Crippen molar-refractivity contribution in [1.82, 2.24) is 4.98 Å². The summed E-state index contributed by atoms with van der Waals surface area (Å²) in [5.74, 6) is 2.61. The van der Waals surface area contributed by atoms with Gasteiger partial charge in [-0.1, -0.05) is 38.8 Å². The molecule has 20 heavy (non-hydrogen) atoms. The van der Waals surface area contributed by atoms with Crippen LogP contribution in [0, 0.1) is 17.8 Å². The van der Waals surface area contributed by atoms with Crippen molar-refractivity contribution in [3.63, 3.8) is 0 Å². The molecule has 1 saturated carbocycles. The summed E-state index contributed by atoms with van der Waals surface area (Å²) in [5, 5.41) is 0.609. The first-order valence-electron chi connectivity index (χ1n) is 7.52. The van der Waals surface area contributed by atoms with Gasteiger partial charge in [0.2, 0.25) is 5.88 Å². The van der Waals surface area contributed by atoms with Gasteiger partial charge < -0.3 is 10.5 Å². The summed E-state index contributed by atoms with van der Waals surface area (Å²) in [7, 11) is 0. The molecule has 4 heteroatoms. The molecule has 2 N–H and O–H groups in total. The van der Waals surface area contributed by atoms with E-state index in [1.807, 2.05) is 6.07 Å². The standard InChI is InChI=1S/C16H25ClN2O/c1-10(2)13-5-4-11(3)6-15(13)20-16-7-12(8-18)14(17)9-19-16/h7,9-11,13,15H,4-6,8,18H2,1-3H3. The second-order valence-electron chi connectivity index (χ2n) is 6.30. The fourth-order valence-corrected chi connectivity index (χ4v) is 3.27. The highest BCUT2D eigenvalue weighted by Gasteiger charge is 2.32. The predicted octanol–water partition coefficient (Wildman–Crippen LogP) is 4.03. The lowest BCUT2D eigenvalue weighted by Crippen LogP contribution is -2.36. The Labute approximate surface area is 126 Å². The third-order valence-electron chi connectivity index (χ3n) is 4.36. The monoisotopic (exact) mass is 296 g/mol. The Bertz CT molecular complexity index is 450. The Kier molecular flexibility index (Phi) is 5.28. The first-order valence-corrected chi connectivity index (χ1v) is 7.90. The van der Waals surface area contributed by atoms with Crippen LogP contribution < -0.4 is 10.5 Å². The van der Waals surface area contributed by atoms with Gasteiger partial charge in [0.1, 0.15) is 6.10 Å². The summed E-state index contributed by atoms with van der Waals surface area (Å²) in [5.41, 5.74) is 6.57. The Hall–Kier alpha value is -0.800. The van der Waals surface area contributed by atoms with Crippen LogP contribution in [0.25, 0.3) is 0 Å². The molecule has 1 aromatic heterocycles. The number of hydrogen-bond donors (Lipinski definition) is 1. The van der Waals surface area contributed by atoms with Gasteiger partial charge in [-0.2, -0.15) is 0 Å². The zero-order valence-corrected chi connectivity index (χ0v) is 13.4. The SMILES string of the molecule is CC1CCC(C(C)C)C(Oc2cc(CN)c(Cl)cn2)C1. The molecule has 0 amide bonds. The highest BCUT2D eigenvalue weighted by atomic mass is 35.5. The van der Waals surface area contributed by atoms with E-state index in [-0.39, 0.29) is 6.10 Å². The van der Waals surface area contributed by atoms with Crippen LogP contribution in [0.15, 0.2) is 12.3 Å². The van der Waals surface area contributed by atoms with Crippen molar-refractivity contribution in [3.05, 3.63) is 22.8 Å². The first kappa shape index (κ1) is 15.6. The summed E-state index contributed by atoms with van der Waals surface area (Å²) in [4.78, 5) is 4.29. The van der Waals surface area contributed by atoms with Crippen LogP contribution in [-0.2, 0) is 6.54 Å². The highest BCUT2D eigenvalue weighted by molar-refractivity contribution is 6.31. The third kappa shape index (κ3) is 3.64. The largest absolute Gasteiger partial charge is 0.474 e. The van der Waals surface area contributed by atoms with Crippen LogP contribution in [-0.4, -0.2) is 11.1 Å². The minimum atomic E-state index is 0.248. The molecule has 0 radical (unpaired) electrons. The summed E-state index contributed by atoms with van der Waals surface area (Å²) in [6.07, 6.45) is 5.52. The molecule has 1 aliphatic carbocycles. The van der Waals surface area contributed by atoms with Crippen LogP contribution in [0.5, 0.6) is 5.88 Å². The van der Waals surface area contributed by atoms with Crippen LogP contribution in [0.3, 0.4) is 0 Å². The number of nitrogens with zero attached hydrogens (tertiary/aromatic N) is 1. The average Bonchev–Trinajstić information content (AvgIpc) is 2.40. The summed E-state index contributed by atoms with van der Waals surface area (Å²) < 4.78 is 6.17. The molecule has 0 bridgehead atoms. The van der Waals surface area contributed by atoms with Gasteiger partial charge in [0.25, 0.3) is 0 Å². The maximum Gasteiger partial charge on any atom is 0.213 e. The van der Waals surface area contributed by atoms with E-state index < -0.39 is 0 Å². The fourth-order valence-electron chi connectivity index (χ4n) is 3.08. The number of halogens is 1. The molecule has 0 spiro atoms. The van der Waals surface area contributed by atoms with Gasteiger partial charge in [0, 0.05) is 18.8 Å². The zero-order chi connectivity index (χ0) is 14.7. The van der Waals surface area contributed by atoms with E-state index >= 15 is 0 Å². The number of ether oxygens (including phenoxy) is 1. The number of hydrogen-bond acceptors (Lipinski definition) is 3. The number of nitrogens with two attached hydrogens (primary N) is 1. The van der Waals surface area contributed by atoms with E-state index in [1.165, 1.54) is 12.8 Å². The van der Waals surface area contributed by atoms with Crippen molar-refractivity contribution < 1.29 is 4.74 Å². The van der Waals surface area contributed by atoms with Gasteiger partial charge in [-0.25, -0.2) is 4.98 Å². The minimum absolute atomic E-state index is 0.248. The number of rotatable bonds is 4. The Morgan fingerprint density at radius 2 is 2.20 bits per heavy atom. The van der Waals surface area contributed by atoms with Gasteiger partial charge in [0.15, 0.2) is 0 Å². The van der Waals surface area contributed by atoms with Gasteiger partial charge in [-0.05, 0) is 36.2 Å². The van der Waals surface area contributed by atoms with Crippen LogP contribution >= 0.6 is 11.6 Å². The predicted molar refractivity (Wildman–Crippen MR) is 82.9 cm³/mol. The normalized spacial score (nSPS) is 26.8. The molecule has 0 saturated heterocycles. The maximum absolute atomic E-state index is 6.17. The Balaban J connectivity index is 2.13. The molecule has 0 aliphatic heterocycles. The van der Waals surface area contributed by atoms with Crippen LogP contribution in [0.1, 0.15) is 45.6 Å². The molecular weight excluding hydrogens is 272 g/mol.